The van der Waals surface area contributed by atoms with E-state index in [1.54, 1.807) is 22.6 Å². The second-order valence-corrected chi connectivity index (χ2v) is 3.18. The number of hydrogen-bond donors (Lipinski definition) is 0. The summed E-state index contributed by atoms with van der Waals surface area (Å²) >= 11 is 1.78. The van der Waals surface area contributed by atoms with Crippen LogP contribution in [0.3, 0.4) is 0 Å². The van der Waals surface area contributed by atoms with Crippen molar-refractivity contribution >= 4 is 11.8 Å². The Morgan fingerprint density at radius 1 is 1.73 bits per heavy atom. The molecule has 1 rings (SSSR count). The average molecular weight is 172 g/mol. The zero-order valence-electron chi connectivity index (χ0n) is 6.78. The second-order valence-electron chi connectivity index (χ2n) is 2.19. The molecule has 0 unspecified atom stereocenters. The number of thioether (sulfide) groups is 1. The van der Waals surface area contributed by atoms with Gasteiger partial charge in [-0.2, -0.15) is 16.9 Å². The van der Waals surface area contributed by atoms with Crippen molar-refractivity contribution in [2.75, 3.05) is 18.6 Å². The van der Waals surface area contributed by atoms with Crippen LogP contribution in [-0.4, -0.2) is 28.4 Å². The Kier molecular flexibility index (Phi) is 3.29. The van der Waals surface area contributed by atoms with Gasteiger partial charge in [0.2, 0.25) is 0 Å². The molecule has 11 heavy (non-hydrogen) atoms. The topological polar surface area (TPSA) is 27.1 Å². The molecule has 0 fully saturated rings. The van der Waals surface area contributed by atoms with Crippen molar-refractivity contribution in [3.63, 3.8) is 0 Å². The largest absolute Gasteiger partial charge is 0.489 e. The second kappa shape index (κ2) is 4.28. The van der Waals surface area contributed by atoms with E-state index in [4.69, 9.17) is 4.74 Å². The van der Waals surface area contributed by atoms with Crippen LogP contribution in [0.5, 0.6) is 5.75 Å². The van der Waals surface area contributed by atoms with Crippen LogP contribution in [-0.2, 0) is 7.05 Å². The van der Waals surface area contributed by atoms with E-state index in [1.807, 2.05) is 13.2 Å². The summed E-state index contributed by atoms with van der Waals surface area (Å²) < 4.78 is 7.09. The van der Waals surface area contributed by atoms with E-state index in [0.29, 0.717) is 0 Å². The van der Waals surface area contributed by atoms with Gasteiger partial charge >= 0.3 is 0 Å². The Morgan fingerprint density at radius 3 is 3.09 bits per heavy atom. The monoisotopic (exact) mass is 172 g/mol. The van der Waals surface area contributed by atoms with E-state index in [9.17, 15) is 0 Å². The predicted octanol–water partition coefficient (Wildman–Crippen LogP) is 1.16. The zero-order valence-corrected chi connectivity index (χ0v) is 7.60. The first-order chi connectivity index (χ1) is 5.33. The highest BCUT2D eigenvalue weighted by Gasteiger charge is 1.94. The van der Waals surface area contributed by atoms with Gasteiger partial charge in [0.25, 0.3) is 0 Å². The molecule has 0 bridgehead atoms. The molecule has 1 aromatic heterocycles. The van der Waals surface area contributed by atoms with E-state index in [2.05, 4.69) is 11.4 Å². The number of aryl methyl sites for hydroxylation is 1. The van der Waals surface area contributed by atoms with E-state index in [1.165, 1.54) is 0 Å². The first kappa shape index (κ1) is 8.46. The lowest BCUT2D eigenvalue weighted by atomic mass is 10.6. The summed E-state index contributed by atoms with van der Waals surface area (Å²) in [5.41, 5.74) is 0. The minimum absolute atomic E-state index is 0.757. The van der Waals surface area contributed by atoms with Gasteiger partial charge in [0.1, 0.15) is 0 Å². The van der Waals surface area contributed by atoms with Crippen LogP contribution >= 0.6 is 11.8 Å². The Balaban J connectivity index is 2.27. The third kappa shape index (κ3) is 2.84. The van der Waals surface area contributed by atoms with Crippen LogP contribution < -0.4 is 4.74 Å². The van der Waals surface area contributed by atoms with E-state index >= 15 is 0 Å². The maximum atomic E-state index is 5.36. The lowest BCUT2D eigenvalue weighted by Gasteiger charge is -1.99. The van der Waals surface area contributed by atoms with E-state index in [-0.39, 0.29) is 0 Å². The molecular weight excluding hydrogens is 160 g/mol. The summed E-state index contributed by atoms with van der Waals surface area (Å²) in [5, 5.41) is 3.98. The zero-order chi connectivity index (χ0) is 8.10. The summed E-state index contributed by atoms with van der Waals surface area (Å²) in [7, 11) is 1.88. The van der Waals surface area contributed by atoms with Crippen molar-refractivity contribution in [2.45, 2.75) is 0 Å². The van der Waals surface area contributed by atoms with Crippen molar-refractivity contribution in [3.8, 4) is 5.75 Å². The van der Waals surface area contributed by atoms with Gasteiger partial charge in [-0.15, -0.1) is 0 Å². The molecule has 1 heterocycles. The van der Waals surface area contributed by atoms with Gasteiger partial charge in [-0.1, -0.05) is 0 Å². The Labute approximate surface area is 70.7 Å². The van der Waals surface area contributed by atoms with Crippen LogP contribution in [0.2, 0.25) is 0 Å². The average Bonchev–Trinajstić information content (AvgIpc) is 2.37. The minimum atomic E-state index is 0.757. The molecule has 0 aliphatic rings. The molecule has 0 N–H and O–H groups in total. The summed E-state index contributed by atoms with van der Waals surface area (Å²) in [6, 6.07) is 0. The first-order valence-corrected chi connectivity index (χ1v) is 4.82. The maximum Gasteiger partial charge on any atom is 0.157 e. The fourth-order valence-corrected chi connectivity index (χ4v) is 0.966. The molecule has 4 heteroatoms. The smallest absolute Gasteiger partial charge is 0.157 e. The Bertz CT molecular complexity index is 212. The van der Waals surface area contributed by atoms with Crippen molar-refractivity contribution in [1.29, 1.82) is 0 Å². The number of rotatable bonds is 4. The molecular formula is C7H12N2OS. The predicted molar refractivity (Wildman–Crippen MR) is 47.1 cm³/mol. The lowest BCUT2D eigenvalue weighted by Crippen LogP contribution is -1.98. The molecule has 0 radical (unpaired) electrons. The first-order valence-electron chi connectivity index (χ1n) is 3.43. The van der Waals surface area contributed by atoms with Gasteiger partial charge in [0.15, 0.2) is 5.75 Å². The lowest BCUT2D eigenvalue weighted by molar-refractivity contribution is 0.343. The summed E-state index contributed by atoms with van der Waals surface area (Å²) in [5.74, 6) is 1.87. The van der Waals surface area contributed by atoms with Crippen molar-refractivity contribution in [1.82, 2.24) is 9.78 Å². The maximum absolute atomic E-state index is 5.36. The van der Waals surface area contributed by atoms with Crippen LogP contribution in [0.1, 0.15) is 0 Å². The van der Waals surface area contributed by atoms with Crippen molar-refractivity contribution in [3.05, 3.63) is 12.4 Å². The normalized spacial score (nSPS) is 10.0. The Hall–Kier alpha value is -0.640. The van der Waals surface area contributed by atoms with Crippen LogP contribution in [0.25, 0.3) is 0 Å². The Morgan fingerprint density at radius 2 is 2.55 bits per heavy atom. The number of hydrogen-bond acceptors (Lipinski definition) is 3. The highest BCUT2D eigenvalue weighted by molar-refractivity contribution is 7.98. The van der Waals surface area contributed by atoms with Gasteiger partial charge in [0.05, 0.1) is 19.0 Å². The summed E-state index contributed by atoms with van der Waals surface area (Å²) in [4.78, 5) is 0. The number of aromatic nitrogens is 2. The third-order valence-corrected chi connectivity index (χ3v) is 1.81. The highest BCUT2D eigenvalue weighted by atomic mass is 32.2. The van der Waals surface area contributed by atoms with Crippen molar-refractivity contribution < 1.29 is 4.74 Å². The van der Waals surface area contributed by atoms with Gasteiger partial charge in [-0.05, 0) is 6.26 Å². The van der Waals surface area contributed by atoms with Crippen LogP contribution in [0.15, 0.2) is 12.4 Å². The highest BCUT2D eigenvalue weighted by Crippen LogP contribution is 2.06. The van der Waals surface area contributed by atoms with Gasteiger partial charge < -0.3 is 4.74 Å². The van der Waals surface area contributed by atoms with E-state index in [0.717, 1.165) is 18.1 Å². The fourth-order valence-electron chi connectivity index (χ4n) is 0.716. The molecule has 0 aliphatic heterocycles. The quantitative estimate of drug-likeness (QED) is 0.638. The number of ether oxygens (including phenoxy) is 1. The molecule has 62 valence electrons. The molecule has 0 aromatic carbocycles. The molecule has 0 spiro atoms. The SMILES string of the molecule is CSCCOc1cnn(C)c1. The van der Waals surface area contributed by atoms with Gasteiger partial charge in [-0.25, -0.2) is 0 Å². The van der Waals surface area contributed by atoms with Crippen molar-refractivity contribution in [2.24, 2.45) is 7.05 Å². The molecule has 0 amide bonds. The standard InChI is InChI=1S/C7H12N2OS/c1-9-6-7(5-8-9)10-3-4-11-2/h5-6H,3-4H2,1-2H3. The van der Waals surface area contributed by atoms with Gasteiger partial charge in [0, 0.05) is 12.8 Å². The van der Waals surface area contributed by atoms with Gasteiger partial charge in [-0.3, -0.25) is 4.68 Å². The molecule has 0 aliphatic carbocycles. The third-order valence-electron chi connectivity index (χ3n) is 1.24. The molecule has 0 saturated heterocycles. The fraction of sp³-hybridized carbons (Fsp3) is 0.571. The summed E-state index contributed by atoms with van der Waals surface area (Å²) in [6.45, 7) is 0.757. The van der Waals surface area contributed by atoms with Crippen LogP contribution in [0, 0.1) is 0 Å². The van der Waals surface area contributed by atoms with E-state index < -0.39 is 0 Å². The van der Waals surface area contributed by atoms with Crippen LogP contribution in [0.4, 0.5) is 0 Å². The molecule has 3 nitrogen and oxygen atoms in total. The minimum Gasteiger partial charge on any atom is -0.489 e. The number of nitrogens with zero attached hydrogens (tertiary/aromatic N) is 2. The molecule has 0 atom stereocenters. The summed E-state index contributed by atoms with van der Waals surface area (Å²) in [6.07, 6.45) is 5.65. The molecule has 1 aromatic rings. The molecule has 0 saturated carbocycles.